The van der Waals surface area contributed by atoms with E-state index in [-0.39, 0.29) is 29.3 Å². The molecule has 7 heteroatoms. The van der Waals surface area contributed by atoms with Crippen molar-refractivity contribution in [3.05, 3.63) is 28.1 Å². The van der Waals surface area contributed by atoms with Crippen LogP contribution in [0.2, 0.25) is 0 Å². The summed E-state index contributed by atoms with van der Waals surface area (Å²) in [6.07, 6.45) is 3.70. The van der Waals surface area contributed by atoms with Crippen LogP contribution in [0.15, 0.2) is 12.1 Å². The van der Waals surface area contributed by atoms with Crippen molar-refractivity contribution in [3.63, 3.8) is 0 Å². The number of benzene rings is 1. The number of methoxy groups -OCH3 is 1. The Bertz CT molecular complexity index is 524. The molecule has 2 atom stereocenters. The summed E-state index contributed by atoms with van der Waals surface area (Å²) in [7, 11) is 3.15. The molecular weight excluding hydrogens is 279 g/mol. The molecule has 0 aromatic heterocycles. The highest BCUT2D eigenvalue weighted by Gasteiger charge is 2.29. The summed E-state index contributed by atoms with van der Waals surface area (Å²) in [6, 6.07) is 2.22. The standard InChI is InChI=1S/C14H19FN2O4/c1-16-10-5-3-4-6-12(10)21-14-8-13(20-2)9(15)7-11(14)17(18)19/h7-8,10,12,16H,3-6H2,1-2H3. The fourth-order valence-electron chi connectivity index (χ4n) is 2.65. The zero-order valence-electron chi connectivity index (χ0n) is 12.1. The highest BCUT2D eigenvalue weighted by Crippen LogP contribution is 2.36. The maximum atomic E-state index is 13.6. The van der Waals surface area contributed by atoms with Crippen LogP contribution < -0.4 is 14.8 Å². The minimum atomic E-state index is -0.773. The molecule has 1 N–H and O–H groups in total. The van der Waals surface area contributed by atoms with E-state index >= 15 is 0 Å². The smallest absolute Gasteiger partial charge is 0.314 e. The SMILES string of the molecule is CNC1CCCCC1Oc1cc(OC)c(F)cc1[N+](=O)[O-]. The molecule has 0 bridgehead atoms. The van der Waals surface area contributed by atoms with E-state index in [0.717, 1.165) is 31.7 Å². The van der Waals surface area contributed by atoms with Gasteiger partial charge in [0.05, 0.1) is 18.1 Å². The molecule has 0 amide bonds. The molecule has 1 aliphatic carbocycles. The van der Waals surface area contributed by atoms with E-state index in [4.69, 9.17) is 9.47 Å². The summed E-state index contributed by atoms with van der Waals surface area (Å²) < 4.78 is 24.3. The number of nitrogens with zero attached hydrogens (tertiary/aromatic N) is 1. The van der Waals surface area contributed by atoms with Gasteiger partial charge in [0.1, 0.15) is 6.10 Å². The van der Waals surface area contributed by atoms with Gasteiger partial charge in [-0.3, -0.25) is 10.1 Å². The number of rotatable bonds is 5. The lowest BCUT2D eigenvalue weighted by molar-refractivity contribution is -0.386. The van der Waals surface area contributed by atoms with Gasteiger partial charge in [0.15, 0.2) is 11.6 Å². The Morgan fingerprint density at radius 1 is 1.33 bits per heavy atom. The van der Waals surface area contributed by atoms with Gasteiger partial charge in [0.25, 0.3) is 0 Å². The average molecular weight is 298 g/mol. The van der Waals surface area contributed by atoms with E-state index in [1.165, 1.54) is 13.2 Å². The van der Waals surface area contributed by atoms with Crippen molar-refractivity contribution in [1.82, 2.24) is 5.32 Å². The van der Waals surface area contributed by atoms with Crippen LogP contribution in [-0.4, -0.2) is 31.2 Å². The number of likely N-dealkylation sites (N-methyl/N-ethyl adjacent to an activating group) is 1. The number of halogens is 1. The summed E-state index contributed by atoms with van der Waals surface area (Å²) in [4.78, 5) is 10.4. The Balaban J connectivity index is 2.30. The normalized spacial score (nSPS) is 21.9. The van der Waals surface area contributed by atoms with Gasteiger partial charge < -0.3 is 14.8 Å². The quantitative estimate of drug-likeness (QED) is 0.668. The Kier molecular flexibility index (Phi) is 4.95. The van der Waals surface area contributed by atoms with Crippen LogP contribution in [0.4, 0.5) is 10.1 Å². The number of nitro groups is 1. The second kappa shape index (κ2) is 6.71. The number of ether oxygens (including phenoxy) is 2. The van der Waals surface area contributed by atoms with E-state index in [1.807, 2.05) is 7.05 Å². The van der Waals surface area contributed by atoms with Crippen molar-refractivity contribution >= 4 is 5.69 Å². The Morgan fingerprint density at radius 3 is 2.67 bits per heavy atom. The van der Waals surface area contributed by atoms with Crippen molar-refractivity contribution in [2.75, 3.05) is 14.2 Å². The summed E-state index contributed by atoms with van der Waals surface area (Å²) in [6.45, 7) is 0. The Labute approximate surface area is 122 Å². The number of nitro benzene ring substituents is 1. The molecule has 1 fully saturated rings. The zero-order valence-corrected chi connectivity index (χ0v) is 12.1. The van der Waals surface area contributed by atoms with Crippen LogP contribution in [0.1, 0.15) is 25.7 Å². The van der Waals surface area contributed by atoms with Crippen molar-refractivity contribution in [1.29, 1.82) is 0 Å². The molecule has 21 heavy (non-hydrogen) atoms. The molecule has 0 aliphatic heterocycles. The van der Waals surface area contributed by atoms with Crippen molar-refractivity contribution in [2.45, 2.75) is 37.8 Å². The molecule has 116 valence electrons. The first-order valence-electron chi connectivity index (χ1n) is 6.92. The molecule has 2 rings (SSSR count). The predicted octanol–water partition coefficient (Wildman–Crippen LogP) is 2.65. The summed E-state index contributed by atoms with van der Waals surface area (Å²) in [5.74, 6) is -0.789. The minimum Gasteiger partial charge on any atom is -0.494 e. The highest BCUT2D eigenvalue weighted by atomic mass is 19.1. The molecule has 1 aliphatic rings. The van der Waals surface area contributed by atoms with Gasteiger partial charge in [-0.25, -0.2) is 4.39 Å². The topological polar surface area (TPSA) is 73.6 Å². The van der Waals surface area contributed by atoms with Gasteiger partial charge >= 0.3 is 5.69 Å². The minimum absolute atomic E-state index is 0.0467. The van der Waals surface area contributed by atoms with Crippen LogP contribution in [0, 0.1) is 15.9 Å². The molecule has 0 heterocycles. The van der Waals surface area contributed by atoms with E-state index in [9.17, 15) is 14.5 Å². The third-order valence-corrected chi connectivity index (χ3v) is 3.78. The number of nitrogens with one attached hydrogen (secondary N) is 1. The van der Waals surface area contributed by atoms with Crippen LogP contribution in [0.3, 0.4) is 0 Å². The number of hydrogen-bond donors (Lipinski definition) is 1. The van der Waals surface area contributed by atoms with E-state index < -0.39 is 10.7 Å². The number of hydrogen-bond acceptors (Lipinski definition) is 5. The van der Waals surface area contributed by atoms with E-state index in [2.05, 4.69) is 5.32 Å². The predicted molar refractivity (Wildman–Crippen MR) is 75.3 cm³/mol. The fraction of sp³-hybridized carbons (Fsp3) is 0.571. The lowest BCUT2D eigenvalue weighted by atomic mass is 9.92. The van der Waals surface area contributed by atoms with Crippen LogP contribution in [0.5, 0.6) is 11.5 Å². The summed E-state index contributed by atoms with van der Waals surface area (Å²) in [5.41, 5.74) is -0.381. The van der Waals surface area contributed by atoms with Crippen molar-refractivity contribution < 1.29 is 18.8 Å². The molecule has 1 aromatic rings. The van der Waals surface area contributed by atoms with Gasteiger partial charge in [0, 0.05) is 12.1 Å². The van der Waals surface area contributed by atoms with Crippen LogP contribution in [-0.2, 0) is 0 Å². The lowest BCUT2D eigenvalue weighted by Gasteiger charge is -2.31. The molecule has 0 spiro atoms. The van der Waals surface area contributed by atoms with Gasteiger partial charge in [0.2, 0.25) is 5.75 Å². The summed E-state index contributed by atoms with van der Waals surface area (Å²) >= 11 is 0. The maximum absolute atomic E-state index is 13.6. The third-order valence-electron chi connectivity index (χ3n) is 3.78. The first-order chi connectivity index (χ1) is 10.1. The highest BCUT2D eigenvalue weighted by molar-refractivity contribution is 5.51. The van der Waals surface area contributed by atoms with Crippen molar-refractivity contribution in [3.8, 4) is 11.5 Å². The van der Waals surface area contributed by atoms with Gasteiger partial charge in [-0.1, -0.05) is 6.42 Å². The van der Waals surface area contributed by atoms with Crippen LogP contribution in [0.25, 0.3) is 0 Å². The lowest BCUT2D eigenvalue weighted by Crippen LogP contribution is -2.43. The molecule has 6 nitrogen and oxygen atoms in total. The van der Waals surface area contributed by atoms with Gasteiger partial charge in [-0.2, -0.15) is 0 Å². The first kappa shape index (κ1) is 15.5. The molecule has 1 saturated carbocycles. The Hall–Kier alpha value is -1.89. The monoisotopic (exact) mass is 298 g/mol. The second-order valence-electron chi connectivity index (χ2n) is 5.05. The molecular formula is C14H19FN2O4. The summed E-state index contributed by atoms with van der Waals surface area (Å²) in [5, 5.41) is 14.2. The van der Waals surface area contributed by atoms with Crippen molar-refractivity contribution in [2.24, 2.45) is 0 Å². The van der Waals surface area contributed by atoms with Gasteiger partial charge in [-0.15, -0.1) is 0 Å². The second-order valence-corrected chi connectivity index (χ2v) is 5.05. The molecule has 1 aromatic carbocycles. The molecule has 0 radical (unpaired) electrons. The molecule has 2 unspecified atom stereocenters. The average Bonchev–Trinajstić information content (AvgIpc) is 2.48. The maximum Gasteiger partial charge on any atom is 0.314 e. The fourth-order valence-corrected chi connectivity index (χ4v) is 2.65. The third kappa shape index (κ3) is 3.41. The van der Waals surface area contributed by atoms with Gasteiger partial charge in [-0.05, 0) is 26.3 Å². The molecule has 0 saturated heterocycles. The van der Waals surface area contributed by atoms with E-state index in [1.54, 1.807) is 0 Å². The first-order valence-corrected chi connectivity index (χ1v) is 6.92. The largest absolute Gasteiger partial charge is 0.494 e. The Morgan fingerprint density at radius 2 is 2.05 bits per heavy atom. The van der Waals surface area contributed by atoms with Crippen LogP contribution >= 0.6 is 0 Å². The zero-order chi connectivity index (χ0) is 15.4. The van der Waals surface area contributed by atoms with E-state index in [0.29, 0.717) is 0 Å².